The summed E-state index contributed by atoms with van der Waals surface area (Å²) < 4.78 is 0. The first kappa shape index (κ1) is 31.1. The fourth-order valence-electron chi connectivity index (χ4n) is 4.55. The van der Waals surface area contributed by atoms with Gasteiger partial charge in [-0.05, 0) is 30.2 Å². The van der Waals surface area contributed by atoms with Crippen LogP contribution in [-0.4, -0.2) is 41.9 Å². The average Bonchev–Trinajstić information content (AvgIpc) is 2.84. The first-order chi connectivity index (χ1) is 16.9. The Morgan fingerprint density at radius 1 is 0.972 bits per heavy atom. The molecule has 4 amide bonds. The van der Waals surface area contributed by atoms with E-state index >= 15 is 0 Å². The van der Waals surface area contributed by atoms with Gasteiger partial charge in [-0.2, -0.15) is 0 Å². The van der Waals surface area contributed by atoms with Crippen LogP contribution in [0.5, 0.6) is 0 Å². The molecule has 0 radical (unpaired) electrons. The number of hydroxylamine groups is 1. The zero-order valence-electron chi connectivity index (χ0n) is 22.4. The van der Waals surface area contributed by atoms with Gasteiger partial charge in [-0.15, -0.1) is 0 Å². The summed E-state index contributed by atoms with van der Waals surface area (Å²) in [4.78, 5) is 52.5. The van der Waals surface area contributed by atoms with E-state index in [9.17, 15) is 24.4 Å². The van der Waals surface area contributed by atoms with E-state index in [-0.39, 0.29) is 19.3 Å². The van der Waals surface area contributed by atoms with Crippen LogP contribution in [0, 0.1) is 16.7 Å². The molecule has 6 N–H and O–H groups in total. The fourth-order valence-corrected chi connectivity index (χ4v) is 4.55. The lowest BCUT2D eigenvalue weighted by molar-refractivity contribution is -0.158. The minimum atomic E-state index is -2.01. The number of hydrogen-bond donors (Lipinski definition) is 5. The van der Waals surface area contributed by atoms with E-state index in [1.165, 1.54) is 7.05 Å². The second kappa shape index (κ2) is 14.6. The zero-order valence-corrected chi connectivity index (χ0v) is 22.4. The Labute approximate surface area is 214 Å². The Bertz CT molecular complexity index is 869. The van der Waals surface area contributed by atoms with E-state index in [0.717, 1.165) is 31.2 Å². The van der Waals surface area contributed by atoms with Crippen molar-refractivity contribution in [3.63, 3.8) is 0 Å². The molecule has 3 unspecified atom stereocenters. The highest BCUT2D eigenvalue weighted by Gasteiger charge is 2.54. The van der Waals surface area contributed by atoms with E-state index in [0.29, 0.717) is 6.42 Å². The number of aryl methyl sites for hydroxylation is 1. The minimum absolute atomic E-state index is 0.0774. The van der Waals surface area contributed by atoms with Crippen molar-refractivity contribution in [1.29, 1.82) is 0 Å². The maximum absolute atomic E-state index is 13.8. The molecular weight excluding hydrogens is 460 g/mol. The lowest BCUT2D eigenvalue weighted by Crippen LogP contribution is -2.61. The number of nitrogens with one attached hydrogen (secondary N) is 3. The molecule has 9 heteroatoms. The number of likely N-dealkylation sites (N-methyl/N-ethyl adjacent to an activating group) is 1. The van der Waals surface area contributed by atoms with Gasteiger partial charge in [0.1, 0.15) is 11.5 Å². The van der Waals surface area contributed by atoms with E-state index in [2.05, 4.69) is 17.6 Å². The molecule has 0 heterocycles. The van der Waals surface area contributed by atoms with Crippen LogP contribution in [0.15, 0.2) is 30.3 Å². The molecule has 1 aromatic rings. The summed E-state index contributed by atoms with van der Waals surface area (Å²) in [6, 6.07) is 8.32. The number of amides is 4. The molecule has 202 valence electrons. The molecule has 0 aliphatic carbocycles. The van der Waals surface area contributed by atoms with Crippen LogP contribution in [0.2, 0.25) is 0 Å². The van der Waals surface area contributed by atoms with Gasteiger partial charge in [0.15, 0.2) is 0 Å². The van der Waals surface area contributed by atoms with Gasteiger partial charge < -0.3 is 16.4 Å². The second-order valence-electron chi connectivity index (χ2n) is 10.4. The number of unbranched alkanes of at least 4 members (excludes halogenated alkanes) is 4. The van der Waals surface area contributed by atoms with Gasteiger partial charge in [-0.25, -0.2) is 5.48 Å². The largest absolute Gasteiger partial charge is 0.369 e. The van der Waals surface area contributed by atoms with Crippen molar-refractivity contribution in [3.05, 3.63) is 35.9 Å². The van der Waals surface area contributed by atoms with Crippen LogP contribution in [0.25, 0.3) is 0 Å². The summed E-state index contributed by atoms with van der Waals surface area (Å²) in [5.41, 5.74) is 5.63. The van der Waals surface area contributed by atoms with Crippen molar-refractivity contribution in [2.45, 2.75) is 85.1 Å². The Hall–Kier alpha value is -2.94. The molecular formula is C27H44N4O5. The maximum Gasteiger partial charge on any atom is 0.259 e. The molecule has 36 heavy (non-hydrogen) atoms. The summed E-state index contributed by atoms with van der Waals surface area (Å²) in [6.45, 7) is 7.52. The minimum Gasteiger partial charge on any atom is -0.369 e. The predicted octanol–water partition coefficient (Wildman–Crippen LogP) is 2.85. The number of nitrogens with two attached hydrogens (primary N) is 1. The van der Waals surface area contributed by atoms with Gasteiger partial charge in [-0.1, -0.05) is 90.1 Å². The first-order valence-electron chi connectivity index (χ1n) is 12.8. The van der Waals surface area contributed by atoms with Crippen LogP contribution in [0.3, 0.4) is 0 Å². The Morgan fingerprint density at radius 3 is 2.08 bits per heavy atom. The third-order valence-corrected chi connectivity index (χ3v) is 6.77. The Balaban J connectivity index is 3.47. The molecule has 0 saturated heterocycles. The number of carbonyl (C=O) groups is 4. The van der Waals surface area contributed by atoms with Gasteiger partial charge in [0.05, 0.1) is 5.92 Å². The molecule has 1 rings (SSSR count). The normalized spacial score (nSPS) is 14.7. The second-order valence-corrected chi connectivity index (χ2v) is 10.4. The van der Waals surface area contributed by atoms with Crippen LogP contribution in [-0.2, 0) is 25.6 Å². The molecule has 0 aliphatic heterocycles. The van der Waals surface area contributed by atoms with Crippen molar-refractivity contribution in [2.75, 3.05) is 7.05 Å². The number of carbonyl (C=O) groups excluding carboxylic acids is 4. The highest BCUT2D eigenvalue weighted by Crippen LogP contribution is 2.38. The Kier molecular flexibility index (Phi) is 12.6. The van der Waals surface area contributed by atoms with Crippen molar-refractivity contribution in [1.82, 2.24) is 16.1 Å². The fraction of sp³-hybridized carbons (Fsp3) is 0.630. The zero-order chi connectivity index (χ0) is 27.4. The monoisotopic (exact) mass is 504 g/mol. The number of primary amides is 1. The highest BCUT2D eigenvalue weighted by atomic mass is 16.5. The summed E-state index contributed by atoms with van der Waals surface area (Å²) >= 11 is 0. The number of benzene rings is 1. The molecule has 1 aromatic carbocycles. The Morgan fingerprint density at radius 2 is 1.58 bits per heavy atom. The molecule has 9 nitrogen and oxygen atoms in total. The molecule has 0 bridgehead atoms. The molecule has 0 aliphatic rings. The summed E-state index contributed by atoms with van der Waals surface area (Å²) in [5.74, 6) is -4.21. The summed E-state index contributed by atoms with van der Waals surface area (Å²) in [7, 11) is 1.48. The van der Waals surface area contributed by atoms with Gasteiger partial charge >= 0.3 is 0 Å². The van der Waals surface area contributed by atoms with Crippen LogP contribution >= 0.6 is 0 Å². The van der Waals surface area contributed by atoms with Crippen molar-refractivity contribution in [2.24, 2.45) is 22.5 Å². The molecule has 0 fully saturated rings. The average molecular weight is 505 g/mol. The van der Waals surface area contributed by atoms with Crippen molar-refractivity contribution in [3.8, 4) is 0 Å². The molecule has 0 spiro atoms. The van der Waals surface area contributed by atoms with Crippen molar-refractivity contribution >= 4 is 23.6 Å². The van der Waals surface area contributed by atoms with Crippen LogP contribution in [0.1, 0.15) is 78.2 Å². The van der Waals surface area contributed by atoms with Crippen LogP contribution < -0.4 is 21.8 Å². The topological polar surface area (TPSA) is 151 Å². The van der Waals surface area contributed by atoms with Gasteiger partial charge in [0, 0.05) is 7.05 Å². The van der Waals surface area contributed by atoms with Gasteiger partial charge in [0.2, 0.25) is 17.7 Å². The third kappa shape index (κ3) is 8.33. The number of rotatable bonds is 15. The standard InChI is InChI=1S/C27H44N4O5/c1-6-7-8-9-13-16-20(22(32)30-21(23(33)29-5)26(2,3)4)27(24(28)34,25(35)31-36)18-17-19-14-11-10-12-15-19/h10-12,14-15,20-21,36H,6-9,13,16-18H2,1-5H3,(H2,28,34)(H,29,33)(H,30,32)(H,31,35). The lowest BCUT2D eigenvalue weighted by Gasteiger charge is -2.38. The molecule has 3 atom stereocenters. The smallest absolute Gasteiger partial charge is 0.259 e. The third-order valence-electron chi connectivity index (χ3n) is 6.77. The van der Waals surface area contributed by atoms with E-state index in [4.69, 9.17) is 5.73 Å². The maximum atomic E-state index is 13.8. The van der Waals surface area contributed by atoms with E-state index < -0.39 is 46.4 Å². The van der Waals surface area contributed by atoms with E-state index in [1.807, 2.05) is 51.1 Å². The molecule has 0 aromatic heterocycles. The SMILES string of the molecule is CCCCCCCC(C(=O)NC(C(=O)NC)C(C)(C)C)C(CCc1ccccc1)(C(N)=O)C(=O)NO. The molecule has 0 saturated carbocycles. The lowest BCUT2D eigenvalue weighted by atomic mass is 9.67. The van der Waals surface area contributed by atoms with Gasteiger partial charge in [-0.3, -0.25) is 24.4 Å². The first-order valence-corrected chi connectivity index (χ1v) is 12.8. The predicted molar refractivity (Wildman–Crippen MR) is 139 cm³/mol. The summed E-state index contributed by atoms with van der Waals surface area (Å²) in [6.07, 6.45) is 4.82. The summed E-state index contributed by atoms with van der Waals surface area (Å²) in [5, 5.41) is 15.0. The quantitative estimate of drug-likeness (QED) is 0.108. The van der Waals surface area contributed by atoms with Crippen LogP contribution in [0.4, 0.5) is 0 Å². The number of hydrogen-bond acceptors (Lipinski definition) is 5. The highest BCUT2D eigenvalue weighted by molar-refractivity contribution is 6.08. The van der Waals surface area contributed by atoms with Gasteiger partial charge in [0.25, 0.3) is 5.91 Å². The van der Waals surface area contributed by atoms with E-state index in [1.54, 1.807) is 5.48 Å². The van der Waals surface area contributed by atoms with Crippen molar-refractivity contribution < 1.29 is 24.4 Å².